The van der Waals surface area contributed by atoms with Gasteiger partial charge in [0.15, 0.2) is 11.5 Å². The average Bonchev–Trinajstić information content (AvgIpc) is 2.74. The van der Waals surface area contributed by atoms with Crippen molar-refractivity contribution in [3.05, 3.63) is 90.9 Å². The molecule has 0 fully saturated rings. The molecule has 0 radical (unpaired) electrons. The first-order valence-corrected chi connectivity index (χ1v) is 10.9. The number of aryl methyl sites for hydroxylation is 1. The van der Waals surface area contributed by atoms with Crippen LogP contribution < -0.4 is 14.8 Å². The molecule has 0 heterocycles. The van der Waals surface area contributed by atoms with Gasteiger partial charge in [0.2, 0.25) is 0 Å². The Bertz CT molecular complexity index is 1070. The lowest BCUT2D eigenvalue weighted by atomic mass is 10.1. The Morgan fingerprint density at radius 1 is 1.06 bits per heavy atom. The van der Waals surface area contributed by atoms with E-state index >= 15 is 0 Å². The molecule has 0 spiro atoms. The second-order valence-corrected chi connectivity index (χ2v) is 8.13. The van der Waals surface area contributed by atoms with Crippen LogP contribution in [0.25, 0.3) is 0 Å². The van der Waals surface area contributed by atoms with E-state index in [2.05, 4.69) is 21.2 Å². The van der Waals surface area contributed by atoms with Crippen LogP contribution in [-0.4, -0.2) is 11.5 Å². The molecule has 3 aromatic carbocycles. The lowest BCUT2D eigenvalue weighted by molar-refractivity contribution is -0.384. The minimum absolute atomic E-state index is 0.0478. The van der Waals surface area contributed by atoms with E-state index in [9.17, 15) is 10.1 Å². The van der Waals surface area contributed by atoms with Gasteiger partial charge in [-0.15, -0.1) is 0 Å². The van der Waals surface area contributed by atoms with Crippen LogP contribution in [0.5, 0.6) is 11.5 Å². The van der Waals surface area contributed by atoms with Crippen molar-refractivity contribution in [2.75, 3.05) is 11.9 Å². The van der Waals surface area contributed by atoms with Crippen molar-refractivity contribution in [3.63, 3.8) is 0 Å². The number of non-ortho nitro benzene ring substituents is 1. The molecule has 0 amide bonds. The Labute approximate surface area is 194 Å². The summed E-state index contributed by atoms with van der Waals surface area (Å²) in [5.41, 5.74) is 3.84. The quantitative estimate of drug-likeness (QED) is 0.253. The fourth-order valence-electron chi connectivity index (χ4n) is 2.90. The summed E-state index contributed by atoms with van der Waals surface area (Å²) in [5.74, 6) is 1.21. The molecule has 3 aromatic rings. The zero-order valence-corrected chi connectivity index (χ0v) is 19.5. The van der Waals surface area contributed by atoms with Crippen molar-refractivity contribution in [1.29, 1.82) is 0 Å². The maximum Gasteiger partial charge on any atom is 0.269 e. The molecule has 0 bridgehead atoms. The molecule has 0 aliphatic rings. The van der Waals surface area contributed by atoms with E-state index in [1.807, 2.05) is 44.2 Å². The molecule has 1 N–H and O–H groups in total. The third-order valence-corrected chi connectivity index (χ3v) is 5.56. The normalized spacial score (nSPS) is 10.6. The van der Waals surface area contributed by atoms with Crippen LogP contribution in [-0.2, 0) is 13.2 Å². The Kier molecular flexibility index (Phi) is 7.76. The van der Waals surface area contributed by atoms with Gasteiger partial charge in [-0.1, -0.05) is 17.7 Å². The average molecular weight is 506 g/mol. The first-order chi connectivity index (χ1) is 14.9. The molecule has 0 aromatic heterocycles. The van der Waals surface area contributed by atoms with Gasteiger partial charge in [0.25, 0.3) is 5.69 Å². The van der Waals surface area contributed by atoms with E-state index in [0.717, 1.165) is 31.9 Å². The van der Waals surface area contributed by atoms with Gasteiger partial charge in [0.05, 0.1) is 16.0 Å². The summed E-state index contributed by atoms with van der Waals surface area (Å²) in [4.78, 5) is 10.4. The lowest BCUT2D eigenvalue weighted by Crippen LogP contribution is -2.04. The van der Waals surface area contributed by atoms with Crippen LogP contribution in [0.3, 0.4) is 0 Å². The standard InChI is InChI=1S/C23H22BrClN2O4/c1-3-30-22-11-17(13-26-18-7-4-15(2)21(25)12-18)10-20(24)23(22)31-14-16-5-8-19(9-6-16)27(28)29/h4-12,26H,3,13-14H2,1-2H3. The van der Waals surface area contributed by atoms with Gasteiger partial charge in [0, 0.05) is 29.4 Å². The van der Waals surface area contributed by atoms with Crippen molar-refractivity contribution in [1.82, 2.24) is 0 Å². The Morgan fingerprint density at radius 2 is 1.81 bits per heavy atom. The van der Waals surface area contributed by atoms with Gasteiger partial charge in [0.1, 0.15) is 6.61 Å². The van der Waals surface area contributed by atoms with Crippen molar-refractivity contribution in [2.45, 2.75) is 27.0 Å². The summed E-state index contributed by atoms with van der Waals surface area (Å²) in [7, 11) is 0. The number of rotatable bonds is 9. The van der Waals surface area contributed by atoms with E-state index in [1.165, 1.54) is 12.1 Å². The number of anilines is 1. The molecule has 3 rings (SSSR count). The second-order valence-electron chi connectivity index (χ2n) is 6.87. The lowest BCUT2D eigenvalue weighted by Gasteiger charge is -2.16. The van der Waals surface area contributed by atoms with Gasteiger partial charge in [-0.3, -0.25) is 10.1 Å². The number of hydrogen-bond acceptors (Lipinski definition) is 5. The molecule has 0 aliphatic carbocycles. The van der Waals surface area contributed by atoms with Gasteiger partial charge in [-0.2, -0.15) is 0 Å². The molecule has 0 aliphatic heterocycles. The topological polar surface area (TPSA) is 73.6 Å². The molecule has 162 valence electrons. The summed E-state index contributed by atoms with van der Waals surface area (Å²) in [6.45, 7) is 5.21. The number of ether oxygens (including phenoxy) is 2. The maximum atomic E-state index is 10.8. The molecular weight excluding hydrogens is 484 g/mol. The largest absolute Gasteiger partial charge is 0.490 e. The molecule has 6 nitrogen and oxygen atoms in total. The Morgan fingerprint density at radius 3 is 2.45 bits per heavy atom. The van der Waals surface area contributed by atoms with Gasteiger partial charge in [-0.25, -0.2) is 0 Å². The summed E-state index contributed by atoms with van der Waals surface area (Å²) in [6.07, 6.45) is 0. The van der Waals surface area contributed by atoms with E-state index in [4.69, 9.17) is 21.1 Å². The van der Waals surface area contributed by atoms with Crippen molar-refractivity contribution in [2.24, 2.45) is 0 Å². The summed E-state index contributed by atoms with van der Waals surface area (Å²) in [5, 5.41) is 14.9. The fourth-order valence-corrected chi connectivity index (χ4v) is 3.69. The molecule has 0 saturated heterocycles. The van der Waals surface area contributed by atoms with Gasteiger partial charge >= 0.3 is 0 Å². The monoisotopic (exact) mass is 504 g/mol. The van der Waals surface area contributed by atoms with E-state index < -0.39 is 4.92 Å². The predicted molar refractivity (Wildman–Crippen MR) is 126 cm³/mol. The minimum atomic E-state index is -0.425. The Hall–Kier alpha value is -2.77. The van der Waals surface area contributed by atoms with Gasteiger partial charge in [-0.05, 0) is 82.9 Å². The number of hydrogen-bond donors (Lipinski definition) is 1. The first-order valence-electron chi connectivity index (χ1n) is 9.68. The van der Waals surface area contributed by atoms with Crippen molar-refractivity contribution >= 4 is 38.9 Å². The number of nitro groups is 1. The van der Waals surface area contributed by atoms with Crippen LogP contribution in [0, 0.1) is 17.0 Å². The van der Waals surface area contributed by atoms with Crippen LogP contribution in [0.15, 0.2) is 59.1 Å². The molecule has 0 unspecified atom stereocenters. The predicted octanol–water partition coefficient (Wildman–Crippen LogP) is 6.91. The SMILES string of the molecule is CCOc1cc(CNc2ccc(C)c(Cl)c2)cc(Br)c1OCc1ccc([N+](=O)[O-])cc1. The molecule has 8 heteroatoms. The molecule has 0 atom stereocenters. The zero-order chi connectivity index (χ0) is 22.4. The number of benzene rings is 3. The molecule has 31 heavy (non-hydrogen) atoms. The van der Waals surface area contributed by atoms with E-state index in [0.29, 0.717) is 24.7 Å². The zero-order valence-electron chi connectivity index (χ0n) is 17.2. The fraction of sp³-hybridized carbons (Fsp3) is 0.217. The van der Waals surface area contributed by atoms with Crippen LogP contribution >= 0.6 is 27.5 Å². The third kappa shape index (κ3) is 6.12. The maximum absolute atomic E-state index is 10.8. The van der Waals surface area contributed by atoms with Crippen LogP contribution in [0.1, 0.15) is 23.6 Å². The van der Waals surface area contributed by atoms with Crippen molar-refractivity contribution in [3.8, 4) is 11.5 Å². The minimum Gasteiger partial charge on any atom is -0.490 e. The summed E-state index contributed by atoms with van der Waals surface area (Å²) in [6, 6.07) is 16.0. The van der Waals surface area contributed by atoms with E-state index in [-0.39, 0.29) is 12.3 Å². The second kappa shape index (κ2) is 10.5. The number of nitrogens with one attached hydrogen (secondary N) is 1. The smallest absolute Gasteiger partial charge is 0.269 e. The highest BCUT2D eigenvalue weighted by Gasteiger charge is 2.13. The first kappa shape index (κ1) is 22.9. The van der Waals surface area contributed by atoms with Crippen molar-refractivity contribution < 1.29 is 14.4 Å². The Balaban J connectivity index is 1.73. The third-order valence-electron chi connectivity index (χ3n) is 4.57. The van der Waals surface area contributed by atoms with Crippen LogP contribution in [0.2, 0.25) is 5.02 Å². The summed E-state index contributed by atoms with van der Waals surface area (Å²) < 4.78 is 12.5. The molecule has 0 saturated carbocycles. The number of halogens is 2. The highest BCUT2D eigenvalue weighted by Crippen LogP contribution is 2.38. The highest BCUT2D eigenvalue weighted by atomic mass is 79.9. The number of nitro benzene ring substituents is 1. The molecular formula is C23H22BrClN2O4. The summed E-state index contributed by atoms with van der Waals surface area (Å²) >= 11 is 9.78. The van der Waals surface area contributed by atoms with Crippen LogP contribution in [0.4, 0.5) is 11.4 Å². The number of nitrogens with zero attached hydrogens (tertiary/aromatic N) is 1. The highest BCUT2D eigenvalue weighted by molar-refractivity contribution is 9.10. The van der Waals surface area contributed by atoms with E-state index in [1.54, 1.807) is 12.1 Å². The van der Waals surface area contributed by atoms with Gasteiger partial charge < -0.3 is 14.8 Å².